The monoisotopic (exact) mass is 468 g/mol. The van der Waals surface area contributed by atoms with Gasteiger partial charge in [0.05, 0.1) is 46.8 Å². The van der Waals surface area contributed by atoms with E-state index < -0.39 is 5.54 Å². The Morgan fingerprint density at radius 3 is 2.88 bits per heavy atom. The topological polar surface area (TPSA) is 126 Å². The smallest absolute Gasteiger partial charge is 0.272 e. The SMILES string of the molecule is CC(OCCC=O)c1cc(C(=O)NC(C)(C)Cn2ccc(-c3ccc(C#N)c(Cl)c3)n2)n[nH]1. The quantitative estimate of drug-likeness (QED) is 0.345. The zero-order chi connectivity index (χ0) is 24.0. The molecule has 1 amide bonds. The summed E-state index contributed by atoms with van der Waals surface area (Å²) in [5.41, 5.74) is 2.21. The van der Waals surface area contributed by atoms with Crippen molar-refractivity contribution in [2.45, 2.75) is 45.4 Å². The standard InChI is InChI=1S/C23H25ClN6O3/c1-15(33-10-4-9-31)20-12-21(28-27-20)22(32)26-23(2,3)14-30-8-7-19(29-30)16-5-6-17(13-25)18(24)11-16/h5-9,11-12,15H,4,10,14H2,1-3H3,(H,26,32)(H,27,28). The molecule has 0 aliphatic carbocycles. The lowest BCUT2D eigenvalue weighted by Gasteiger charge is -2.25. The lowest BCUT2D eigenvalue weighted by atomic mass is 10.1. The molecule has 10 heteroatoms. The normalized spacial score (nSPS) is 12.2. The highest BCUT2D eigenvalue weighted by molar-refractivity contribution is 6.32. The molecule has 2 heterocycles. The third-order valence-corrected chi connectivity index (χ3v) is 5.22. The minimum atomic E-state index is -0.617. The number of nitrogens with zero attached hydrogens (tertiary/aromatic N) is 4. The van der Waals surface area contributed by atoms with Gasteiger partial charge in [-0.05, 0) is 45.0 Å². The van der Waals surface area contributed by atoms with E-state index in [1.54, 1.807) is 28.9 Å². The number of H-pyrrole nitrogens is 1. The molecule has 33 heavy (non-hydrogen) atoms. The third kappa shape index (κ3) is 6.28. The summed E-state index contributed by atoms with van der Waals surface area (Å²) >= 11 is 6.13. The summed E-state index contributed by atoms with van der Waals surface area (Å²) in [6, 6.07) is 10.7. The van der Waals surface area contributed by atoms with Crippen LogP contribution in [0.2, 0.25) is 5.02 Å². The zero-order valence-electron chi connectivity index (χ0n) is 18.6. The molecule has 2 aromatic heterocycles. The fraction of sp³-hybridized carbons (Fsp3) is 0.348. The van der Waals surface area contributed by atoms with Crippen LogP contribution in [0.1, 0.15) is 55.0 Å². The van der Waals surface area contributed by atoms with E-state index in [2.05, 4.69) is 20.6 Å². The summed E-state index contributed by atoms with van der Waals surface area (Å²) in [4.78, 5) is 23.1. The molecule has 0 spiro atoms. The van der Waals surface area contributed by atoms with Crippen LogP contribution in [0.5, 0.6) is 0 Å². The van der Waals surface area contributed by atoms with Crippen molar-refractivity contribution in [2.24, 2.45) is 0 Å². The third-order valence-electron chi connectivity index (χ3n) is 4.91. The second-order valence-corrected chi connectivity index (χ2v) is 8.63. The second-order valence-electron chi connectivity index (χ2n) is 8.22. The van der Waals surface area contributed by atoms with Crippen molar-refractivity contribution in [1.82, 2.24) is 25.3 Å². The molecular weight excluding hydrogens is 444 g/mol. The highest BCUT2D eigenvalue weighted by Crippen LogP contribution is 2.24. The molecule has 9 nitrogen and oxygen atoms in total. The van der Waals surface area contributed by atoms with Gasteiger partial charge in [0.1, 0.15) is 18.0 Å². The van der Waals surface area contributed by atoms with Crippen LogP contribution in [0.4, 0.5) is 0 Å². The van der Waals surface area contributed by atoms with Gasteiger partial charge in [0, 0.05) is 18.2 Å². The van der Waals surface area contributed by atoms with E-state index >= 15 is 0 Å². The number of benzene rings is 1. The molecule has 0 saturated heterocycles. The zero-order valence-corrected chi connectivity index (χ0v) is 19.4. The first-order valence-corrected chi connectivity index (χ1v) is 10.8. The van der Waals surface area contributed by atoms with E-state index in [-0.39, 0.29) is 17.7 Å². The first-order chi connectivity index (χ1) is 15.7. The number of halogens is 1. The van der Waals surface area contributed by atoms with Crippen LogP contribution in [0.3, 0.4) is 0 Å². The van der Waals surface area contributed by atoms with Gasteiger partial charge in [0.25, 0.3) is 5.91 Å². The number of ether oxygens (including phenoxy) is 1. The fourth-order valence-electron chi connectivity index (χ4n) is 3.23. The Morgan fingerprint density at radius 2 is 2.18 bits per heavy atom. The number of rotatable bonds is 10. The van der Waals surface area contributed by atoms with Crippen molar-refractivity contribution in [1.29, 1.82) is 5.26 Å². The average molecular weight is 469 g/mol. The predicted octanol–water partition coefficient (Wildman–Crippen LogP) is 3.67. The van der Waals surface area contributed by atoms with Crippen LogP contribution < -0.4 is 5.32 Å². The van der Waals surface area contributed by atoms with Crippen molar-refractivity contribution in [3.63, 3.8) is 0 Å². The minimum Gasteiger partial charge on any atom is -0.372 e. The van der Waals surface area contributed by atoms with Gasteiger partial charge in [-0.3, -0.25) is 14.6 Å². The Balaban J connectivity index is 1.62. The van der Waals surface area contributed by atoms with Crippen LogP contribution >= 0.6 is 11.6 Å². The van der Waals surface area contributed by atoms with Crippen molar-refractivity contribution >= 4 is 23.8 Å². The number of nitrogens with one attached hydrogen (secondary N) is 2. The van der Waals surface area contributed by atoms with Crippen molar-refractivity contribution in [3.05, 3.63) is 58.5 Å². The summed E-state index contributed by atoms with van der Waals surface area (Å²) in [5.74, 6) is -0.325. The lowest BCUT2D eigenvalue weighted by Crippen LogP contribution is -2.46. The van der Waals surface area contributed by atoms with E-state index in [1.165, 1.54) is 0 Å². The molecule has 0 saturated carbocycles. The molecule has 172 valence electrons. The number of carbonyl (C=O) groups is 2. The Labute approximate surface area is 196 Å². The summed E-state index contributed by atoms with van der Waals surface area (Å²) < 4.78 is 7.27. The van der Waals surface area contributed by atoms with Gasteiger partial charge in [-0.2, -0.15) is 15.5 Å². The maximum absolute atomic E-state index is 12.7. The summed E-state index contributed by atoms with van der Waals surface area (Å²) in [6.45, 7) is 6.33. The lowest BCUT2D eigenvalue weighted by molar-refractivity contribution is -0.109. The van der Waals surface area contributed by atoms with Crippen LogP contribution in [-0.4, -0.2) is 44.3 Å². The Hall–Kier alpha value is -3.48. The molecular formula is C23H25ClN6O3. The number of carbonyl (C=O) groups excluding carboxylic acids is 2. The maximum Gasteiger partial charge on any atom is 0.272 e. The molecule has 2 N–H and O–H groups in total. The number of nitriles is 1. The number of hydrogen-bond donors (Lipinski definition) is 2. The molecule has 0 aliphatic heterocycles. The number of hydrogen-bond acceptors (Lipinski definition) is 6. The van der Waals surface area contributed by atoms with Gasteiger partial charge in [-0.1, -0.05) is 17.7 Å². The van der Waals surface area contributed by atoms with Gasteiger partial charge in [0.15, 0.2) is 0 Å². The summed E-state index contributed by atoms with van der Waals surface area (Å²) in [6.07, 6.45) is 2.61. The van der Waals surface area contributed by atoms with Crippen molar-refractivity contribution < 1.29 is 14.3 Å². The van der Waals surface area contributed by atoms with Gasteiger partial charge in [-0.25, -0.2) is 0 Å². The van der Waals surface area contributed by atoms with E-state index in [4.69, 9.17) is 21.6 Å². The second kappa shape index (κ2) is 10.4. The number of aldehydes is 1. The largest absolute Gasteiger partial charge is 0.372 e. The highest BCUT2D eigenvalue weighted by Gasteiger charge is 2.24. The minimum absolute atomic E-state index is 0.247. The Bertz CT molecular complexity index is 1180. The van der Waals surface area contributed by atoms with Gasteiger partial charge in [0.2, 0.25) is 0 Å². The van der Waals surface area contributed by atoms with Gasteiger partial charge < -0.3 is 14.8 Å². The summed E-state index contributed by atoms with van der Waals surface area (Å²) in [7, 11) is 0. The molecule has 1 aromatic carbocycles. The Kier molecular flexibility index (Phi) is 7.63. The molecule has 0 fully saturated rings. The number of aromatic nitrogens is 4. The fourth-order valence-corrected chi connectivity index (χ4v) is 3.45. The highest BCUT2D eigenvalue weighted by atomic mass is 35.5. The van der Waals surface area contributed by atoms with E-state index in [0.29, 0.717) is 41.5 Å². The van der Waals surface area contributed by atoms with Crippen LogP contribution in [-0.2, 0) is 16.1 Å². The molecule has 0 radical (unpaired) electrons. The predicted molar refractivity (Wildman–Crippen MR) is 123 cm³/mol. The van der Waals surface area contributed by atoms with Crippen molar-refractivity contribution in [3.8, 4) is 17.3 Å². The van der Waals surface area contributed by atoms with Crippen LogP contribution in [0, 0.1) is 11.3 Å². The molecule has 1 unspecified atom stereocenters. The molecule has 0 aliphatic rings. The first-order valence-electron chi connectivity index (χ1n) is 10.4. The average Bonchev–Trinajstić information content (AvgIpc) is 3.43. The molecule has 3 aromatic rings. The molecule has 1 atom stereocenters. The molecule has 0 bridgehead atoms. The van der Waals surface area contributed by atoms with Crippen LogP contribution in [0.25, 0.3) is 11.3 Å². The number of amides is 1. The van der Waals surface area contributed by atoms with Gasteiger partial charge in [-0.15, -0.1) is 0 Å². The first kappa shape index (κ1) is 24.2. The Morgan fingerprint density at radius 1 is 1.39 bits per heavy atom. The number of aromatic amines is 1. The van der Waals surface area contributed by atoms with Crippen LogP contribution in [0.15, 0.2) is 36.5 Å². The van der Waals surface area contributed by atoms with Gasteiger partial charge >= 0.3 is 0 Å². The van der Waals surface area contributed by atoms with E-state index in [1.807, 2.05) is 39.1 Å². The van der Waals surface area contributed by atoms with E-state index in [9.17, 15) is 9.59 Å². The summed E-state index contributed by atoms with van der Waals surface area (Å²) in [5, 5.41) is 23.8. The van der Waals surface area contributed by atoms with E-state index in [0.717, 1.165) is 11.8 Å². The molecule has 3 rings (SSSR count). The maximum atomic E-state index is 12.7. The van der Waals surface area contributed by atoms with Crippen molar-refractivity contribution in [2.75, 3.05) is 6.61 Å².